The van der Waals surface area contributed by atoms with E-state index in [1.54, 1.807) is 29.2 Å². The van der Waals surface area contributed by atoms with Crippen LogP contribution >= 0.6 is 0 Å². The summed E-state index contributed by atoms with van der Waals surface area (Å²) >= 11 is 0. The van der Waals surface area contributed by atoms with E-state index >= 15 is 0 Å². The Kier molecular flexibility index (Phi) is 7.71. The van der Waals surface area contributed by atoms with Crippen LogP contribution < -0.4 is 15.4 Å². The zero-order valence-electron chi connectivity index (χ0n) is 20.6. The molecule has 3 heterocycles. The first-order valence-electron chi connectivity index (χ1n) is 11.7. The molecule has 1 amide bonds. The van der Waals surface area contributed by atoms with Gasteiger partial charge < -0.3 is 15.5 Å². The molecule has 4 rings (SSSR count). The Balaban J connectivity index is 1.57. The van der Waals surface area contributed by atoms with Crippen LogP contribution in [0.1, 0.15) is 41.3 Å². The number of aromatic nitrogens is 3. The fourth-order valence-electron chi connectivity index (χ4n) is 4.07. The zero-order chi connectivity index (χ0) is 27.5. The Morgan fingerprint density at radius 3 is 2.63 bits per heavy atom. The van der Waals surface area contributed by atoms with Crippen LogP contribution in [0.5, 0.6) is 0 Å². The number of benzene rings is 1. The third kappa shape index (κ3) is 6.68. The highest BCUT2D eigenvalue weighted by atomic mass is 32.2. The summed E-state index contributed by atoms with van der Waals surface area (Å²) in [7, 11) is -3.66. The maximum atomic E-state index is 13.7. The highest BCUT2D eigenvalue weighted by Crippen LogP contribution is 2.34. The van der Waals surface area contributed by atoms with Gasteiger partial charge in [-0.25, -0.2) is 18.4 Å². The second kappa shape index (κ2) is 10.8. The molecule has 0 saturated carbocycles. The van der Waals surface area contributed by atoms with Gasteiger partial charge in [-0.1, -0.05) is 12.1 Å². The van der Waals surface area contributed by atoms with E-state index in [1.807, 2.05) is 6.92 Å². The van der Waals surface area contributed by atoms with Gasteiger partial charge in [0.15, 0.2) is 0 Å². The van der Waals surface area contributed by atoms with Crippen LogP contribution in [0, 0.1) is 0 Å². The number of pyridine rings is 1. The van der Waals surface area contributed by atoms with Crippen LogP contribution in [0.2, 0.25) is 0 Å². The molecule has 10 nitrogen and oxygen atoms in total. The quantitative estimate of drug-likeness (QED) is 0.381. The molecule has 38 heavy (non-hydrogen) atoms. The van der Waals surface area contributed by atoms with Crippen molar-refractivity contribution in [3.63, 3.8) is 0 Å². The van der Waals surface area contributed by atoms with Crippen LogP contribution in [-0.2, 0) is 22.7 Å². The van der Waals surface area contributed by atoms with Crippen molar-refractivity contribution in [1.82, 2.24) is 19.9 Å². The largest absolute Gasteiger partial charge is 0.421 e. The average molecular weight is 550 g/mol. The Morgan fingerprint density at radius 1 is 1.16 bits per heavy atom. The maximum absolute atomic E-state index is 13.7. The number of hydrogen-bond acceptors (Lipinski definition) is 8. The fourth-order valence-corrected chi connectivity index (χ4v) is 4.61. The van der Waals surface area contributed by atoms with Crippen molar-refractivity contribution in [2.45, 2.75) is 38.5 Å². The summed E-state index contributed by atoms with van der Waals surface area (Å²) in [5, 5.41) is 5.47. The second-order valence-corrected chi connectivity index (χ2v) is 10.6. The maximum Gasteiger partial charge on any atom is 0.421 e. The van der Waals surface area contributed by atoms with Crippen LogP contribution in [0.25, 0.3) is 0 Å². The van der Waals surface area contributed by atoms with Crippen molar-refractivity contribution >= 4 is 39.2 Å². The number of hydrogen-bond donors (Lipinski definition) is 3. The Hall–Kier alpha value is -3.94. The number of rotatable bonds is 8. The molecular weight excluding hydrogens is 523 g/mol. The molecule has 3 N–H and O–H groups in total. The number of alkyl halides is 3. The van der Waals surface area contributed by atoms with Gasteiger partial charge in [-0.15, -0.1) is 0 Å². The number of carbonyl (C=O) groups is 1. The van der Waals surface area contributed by atoms with Gasteiger partial charge in [-0.2, -0.15) is 18.2 Å². The normalized spacial score (nSPS) is 15.8. The number of nitrogens with one attached hydrogen (secondary N) is 3. The molecule has 202 valence electrons. The van der Waals surface area contributed by atoms with E-state index in [2.05, 4.69) is 30.3 Å². The topological polar surface area (TPSA) is 129 Å². The molecule has 0 aliphatic carbocycles. The lowest BCUT2D eigenvalue weighted by atomic mass is 10.1. The number of halogens is 3. The predicted octanol–water partition coefficient (Wildman–Crippen LogP) is 4.24. The molecule has 1 unspecified atom stereocenters. The van der Waals surface area contributed by atoms with Crippen LogP contribution in [0.4, 0.5) is 36.4 Å². The van der Waals surface area contributed by atoms with E-state index in [0.29, 0.717) is 29.6 Å². The molecule has 3 aromatic rings. The minimum atomic E-state index is -4.75. The van der Waals surface area contributed by atoms with E-state index in [9.17, 15) is 26.4 Å². The van der Waals surface area contributed by atoms with Crippen molar-refractivity contribution < 1.29 is 26.4 Å². The SMILES string of the molecule is CC1CCCN1C(=O)c1cccc(Nc2ncc(C(F)(F)F)c(NCc3cccnc3NS(C)(=O)=O)n2)c1. The van der Waals surface area contributed by atoms with Crippen molar-refractivity contribution in [2.24, 2.45) is 0 Å². The van der Waals surface area contributed by atoms with Crippen LogP contribution in [0.3, 0.4) is 0 Å². The van der Waals surface area contributed by atoms with E-state index in [4.69, 9.17) is 0 Å². The molecule has 0 radical (unpaired) electrons. The number of carbonyl (C=O) groups excluding carboxylic acids is 1. The monoisotopic (exact) mass is 549 g/mol. The van der Waals surface area contributed by atoms with Gasteiger partial charge in [0, 0.05) is 48.3 Å². The first-order chi connectivity index (χ1) is 17.9. The molecule has 1 aliphatic heterocycles. The molecule has 1 atom stereocenters. The summed E-state index contributed by atoms with van der Waals surface area (Å²) in [6, 6.07) is 9.77. The van der Waals surface area contributed by atoms with Crippen molar-refractivity contribution in [2.75, 3.05) is 28.2 Å². The minimum absolute atomic E-state index is 0.0164. The first-order valence-corrected chi connectivity index (χ1v) is 13.6. The summed E-state index contributed by atoms with van der Waals surface area (Å²) in [6.45, 7) is 2.46. The molecule has 14 heteroatoms. The number of anilines is 4. The number of amides is 1. The van der Waals surface area contributed by atoms with Gasteiger partial charge in [0.1, 0.15) is 17.2 Å². The molecule has 1 aromatic carbocycles. The average Bonchev–Trinajstić information content (AvgIpc) is 3.27. The van der Waals surface area contributed by atoms with Crippen LogP contribution in [-0.4, -0.2) is 53.0 Å². The summed E-state index contributed by atoms with van der Waals surface area (Å²) in [5.41, 5.74) is 0.0786. The third-order valence-corrected chi connectivity index (χ3v) is 6.46. The Labute approximate surface area is 217 Å². The molecule has 1 aliphatic rings. The van der Waals surface area contributed by atoms with Gasteiger partial charge in [0.2, 0.25) is 16.0 Å². The Morgan fingerprint density at radius 2 is 1.95 bits per heavy atom. The van der Waals surface area contributed by atoms with Crippen LogP contribution in [0.15, 0.2) is 48.8 Å². The molecule has 0 bridgehead atoms. The van der Waals surface area contributed by atoms with Gasteiger partial charge in [0.05, 0.1) is 6.26 Å². The van der Waals surface area contributed by atoms with Crippen molar-refractivity contribution in [3.8, 4) is 0 Å². The van der Waals surface area contributed by atoms with E-state index in [0.717, 1.165) is 19.1 Å². The lowest BCUT2D eigenvalue weighted by Crippen LogP contribution is -2.33. The predicted molar refractivity (Wildman–Crippen MR) is 137 cm³/mol. The van der Waals surface area contributed by atoms with Gasteiger partial charge in [0.25, 0.3) is 5.91 Å². The third-order valence-electron chi connectivity index (χ3n) is 5.89. The fraction of sp³-hybridized carbons (Fsp3) is 0.333. The Bertz CT molecular complexity index is 1430. The number of nitrogens with zero attached hydrogens (tertiary/aromatic N) is 4. The van der Waals surface area contributed by atoms with Crippen molar-refractivity contribution in [3.05, 3.63) is 65.5 Å². The van der Waals surface area contributed by atoms with Crippen molar-refractivity contribution in [1.29, 1.82) is 0 Å². The number of likely N-dealkylation sites (tertiary alicyclic amines) is 1. The summed E-state index contributed by atoms with van der Waals surface area (Å²) < 4.78 is 66.5. The van der Waals surface area contributed by atoms with Gasteiger partial charge >= 0.3 is 6.18 Å². The number of sulfonamides is 1. The lowest BCUT2D eigenvalue weighted by Gasteiger charge is -2.21. The second-order valence-electron chi connectivity index (χ2n) is 8.89. The zero-order valence-corrected chi connectivity index (χ0v) is 21.4. The summed E-state index contributed by atoms with van der Waals surface area (Å²) in [4.78, 5) is 26.4. The highest BCUT2D eigenvalue weighted by molar-refractivity contribution is 7.92. The molecule has 1 saturated heterocycles. The van der Waals surface area contributed by atoms with E-state index in [1.165, 1.54) is 18.3 Å². The highest BCUT2D eigenvalue weighted by Gasteiger charge is 2.35. The summed E-state index contributed by atoms with van der Waals surface area (Å²) in [6.07, 6.45) is 0.0693. The minimum Gasteiger partial charge on any atom is -0.365 e. The lowest BCUT2D eigenvalue weighted by molar-refractivity contribution is -0.137. The standard InChI is InChI=1S/C24H26F3N7O3S/c1-15-6-5-11-34(15)22(35)16-7-3-9-18(12-16)31-23-30-14-19(24(25,26)27)21(32-23)29-13-17-8-4-10-28-20(17)33-38(2,36)37/h3-4,7-10,12,14-15H,5-6,11,13H2,1-2H3,(H,28,33)(H2,29,30,31,32). The van der Waals surface area contributed by atoms with Gasteiger partial charge in [-0.3, -0.25) is 9.52 Å². The first kappa shape index (κ1) is 27.1. The molecule has 0 spiro atoms. The smallest absolute Gasteiger partial charge is 0.365 e. The van der Waals surface area contributed by atoms with E-state index < -0.39 is 27.6 Å². The molecule has 1 fully saturated rings. The van der Waals surface area contributed by atoms with Gasteiger partial charge in [-0.05, 0) is 44.0 Å². The molecule has 2 aromatic heterocycles. The summed E-state index contributed by atoms with van der Waals surface area (Å²) in [5.74, 6) is -0.774. The van der Waals surface area contributed by atoms with E-state index in [-0.39, 0.29) is 30.3 Å². The molecular formula is C24H26F3N7O3S.